The van der Waals surface area contributed by atoms with Crippen molar-refractivity contribution in [3.05, 3.63) is 90.9 Å². The Bertz CT molecular complexity index is 1690. The van der Waals surface area contributed by atoms with Crippen LogP contribution in [0.4, 0.5) is 11.5 Å². The summed E-state index contributed by atoms with van der Waals surface area (Å²) in [5, 5.41) is 12.2. The molecule has 11 heteroatoms. The first-order valence-corrected chi connectivity index (χ1v) is 12.0. The van der Waals surface area contributed by atoms with Crippen LogP contribution in [0.1, 0.15) is 18.4 Å². The minimum atomic E-state index is -0.105. The zero-order valence-corrected chi connectivity index (χ0v) is 20.3. The van der Waals surface area contributed by atoms with Gasteiger partial charge >= 0.3 is 0 Å². The smallest absolute Gasteiger partial charge is 0.249 e. The molecule has 0 aliphatic carbocycles. The predicted molar refractivity (Wildman–Crippen MR) is 140 cm³/mol. The van der Waals surface area contributed by atoms with Gasteiger partial charge in [0.2, 0.25) is 5.91 Å². The van der Waals surface area contributed by atoms with Crippen LogP contribution >= 0.6 is 11.6 Å². The van der Waals surface area contributed by atoms with Crippen molar-refractivity contribution in [1.29, 1.82) is 0 Å². The molecule has 6 rings (SSSR count). The summed E-state index contributed by atoms with van der Waals surface area (Å²) in [5.74, 6) is 1.63. The molecule has 5 aromatic rings. The number of hydrogen-bond donors (Lipinski definition) is 1. The number of carbonyl (C=O) groups is 1. The lowest BCUT2D eigenvalue weighted by Crippen LogP contribution is -2.27. The Morgan fingerprint density at radius 1 is 1.11 bits per heavy atom. The number of allylic oxidation sites excluding steroid dienone is 1. The van der Waals surface area contributed by atoms with E-state index in [0.717, 1.165) is 35.2 Å². The Labute approximate surface area is 216 Å². The number of anilines is 2. The van der Waals surface area contributed by atoms with Crippen LogP contribution in [-0.4, -0.2) is 46.5 Å². The highest BCUT2D eigenvalue weighted by Crippen LogP contribution is 2.34. The minimum absolute atomic E-state index is 0.105. The van der Waals surface area contributed by atoms with Gasteiger partial charge in [-0.05, 0) is 60.4 Å². The van der Waals surface area contributed by atoms with E-state index < -0.39 is 0 Å². The topological polar surface area (TPSA) is 102 Å². The summed E-state index contributed by atoms with van der Waals surface area (Å²) < 4.78 is 9.37. The van der Waals surface area contributed by atoms with Gasteiger partial charge in [0.25, 0.3) is 0 Å². The standard InChI is InChI=1S/C26H21ClN8O2/c1-2-25(36)33-8-3-4-17(13-33)18-10-22-26(29-16-31-35(22)14-18)32-19-5-6-23(21(27)11-19)37-20-7-9-34-24(12-20)28-15-30-34/h2,5-7,9-16H,1,3-4,8H2,(H,29,31,32). The predicted octanol–water partition coefficient (Wildman–Crippen LogP) is 5.11. The van der Waals surface area contributed by atoms with Crippen molar-refractivity contribution in [3.63, 3.8) is 0 Å². The molecule has 0 bridgehead atoms. The van der Waals surface area contributed by atoms with Gasteiger partial charge in [0.15, 0.2) is 11.5 Å². The number of nitrogens with one attached hydrogen (secondary N) is 1. The third-order valence-corrected chi connectivity index (χ3v) is 6.36. The van der Waals surface area contributed by atoms with Crippen molar-refractivity contribution in [2.45, 2.75) is 12.8 Å². The minimum Gasteiger partial charge on any atom is -0.456 e. The molecule has 1 N–H and O–H groups in total. The van der Waals surface area contributed by atoms with Gasteiger partial charge in [-0.1, -0.05) is 18.2 Å². The van der Waals surface area contributed by atoms with Gasteiger partial charge in [-0.3, -0.25) is 4.79 Å². The van der Waals surface area contributed by atoms with E-state index in [1.54, 1.807) is 44.4 Å². The molecule has 0 saturated heterocycles. The molecular formula is C26H21ClN8O2. The van der Waals surface area contributed by atoms with Gasteiger partial charge in [-0.15, -0.1) is 0 Å². The number of hydrogen-bond acceptors (Lipinski definition) is 7. The molecule has 0 fully saturated rings. The summed E-state index contributed by atoms with van der Waals surface area (Å²) in [5.41, 5.74) is 4.26. The monoisotopic (exact) mass is 512 g/mol. The summed E-state index contributed by atoms with van der Waals surface area (Å²) in [6.07, 6.45) is 11.7. The number of benzene rings is 1. The van der Waals surface area contributed by atoms with Gasteiger partial charge in [0.05, 0.1) is 5.02 Å². The van der Waals surface area contributed by atoms with Gasteiger partial charge in [0, 0.05) is 36.9 Å². The molecule has 1 aliphatic rings. The Kier molecular flexibility index (Phi) is 5.78. The Morgan fingerprint density at radius 3 is 2.84 bits per heavy atom. The van der Waals surface area contributed by atoms with Crippen molar-refractivity contribution in [2.24, 2.45) is 0 Å². The molecule has 0 atom stereocenters. The fourth-order valence-corrected chi connectivity index (χ4v) is 4.47. The molecule has 0 saturated carbocycles. The summed E-state index contributed by atoms with van der Waals surface area (Å²) in [6, 6.07) is 11.0. The van der Waals surface area contributed by atoms with Crippen molar-refractivity contribution < 1.29 is 9.53 Å². The Morgan fingerprint density at radius 2 is 1.97 bits per heavy atom. The van der Waals surface area contributed by atoms with Gasteiger partial charge in [0.1, 0.15) is 29.7 Å². The van der Waals surface area contributed by atoms with Crippen LogP contribution in [0.15, 0.2) is 80.3 Å². The van der Waals surface area contributed by atoms with Crippen LogP contribution in [-0.2, 0) is 4.79 Å². The van der Waals surface area contributed by atoms with Gasteiger partial charge in [-0.25, -0.2) is 19.0 Å². The van der Waals surface area contributed by atoms with E-state index in [0.29, 0.717) is 34.5 Å². The average molecular weight is 513 g/mol. The number of carbonyl (C=O) groups excluding carboxylic acids is 1. The number of fused-ring (bicyclic) bond motifs is 2. The van der Waals surface area contributed by atoms with E-state index in [2.05, 4.69) is 32.1 Å². The van der Waals surface area contributed by atoms with E-state index >= 15 is 0 Å². The van der Waals surface area contributed by atoms with E-state index in [4.69, 9.17) is 16.3 Å². The van der Waals surface area contributed by atoms with Crippen LogP contribution in [0, 0.1) is 0 Å². The molecule has 0 spiro atoms. The number of nitrogens with zero attached hydrogens (tertiary/aromatic N) is 7. The van der Waals surface area contributed by atoms with Crippen molar-refractivity contribution in [1.82, 2.24) is 34.1 Å². The zero-order chi connectivity index (χ0) is 25.4. The van der Waals surface area contributed by atoms with Crippen molar-refractivity contribution >= 4 is 45.8 Å². The fraction of sp³-hybridized carbons (Fsp3) is 0.115. The summed E-state index contributed by atoms with van der Waals surface area (Å²) in [7, 11) is 0. The average Bonchev–Trinajstić information content (AvgIpc) is 3.57. The van der Waals surface area contributed by atoms with Gasteiger partial charge in [-0.2, -0.15) is 10.2 Å². The highest BCUT2D eigenvalue weighted by molar-refractivity contribution is 6.32. The number of halogens is 1. The highest BCUT2D eigenvalue weighted by Gasteiger charge is 2.18. The second kappa shape index (κ2) is 9.40. The van der Waals surface area contributed by atoms with E-state index in [1.807, 2.05) is 24.5 Å². The van der Waals surface area contributed by atoms with Crippen LogP contribution in [0.5, 0.6) is 11.5 Å². The largest absolute Gasteiger partial charge is 0.456 e. The summed E-state index contributed by atoms with van der Waals surface area (Å²) in [4.78, 5) is 22.4. The molecule has 184 valence electrons. The van der Waals surface area contributed by atoms with Crippen LogP contribution in [0.2, 0.25) is 5.02 Å². The second-order valence-corrected chi connectivity index (χ2v) is 8.87. The van der Waals surface area contributed by atoms with E-state index in [-0.39, 0.29) is 5.91 Å². The maximum Gasteiger partial charge on any atom is 0.249 e. The lowest BCUT2D eigenvalue weighted by atomic mass is 10.0. The Balaban J connectivity index is 1.24. The molecule has 0 unspecified atom stereocenters. The lowest BCUT2D eigenvalue weighted by Gasteiger charge is -2.23. The highest BCUT2D eigenvalue weighted by atomic mass is 35.5. The molecule has 4 aromatic heterocycles. The van der Waals surface area contributed by atoms with E-state index in [9.17, 15) is 4.79 Å². The summed E-state index contributed by atoms with van der Waals surface area (Å²) in [6.45, 7) is 4.27. The molecule has 37 heavy (non-hydrogen) atoms. The first-order valence-electron chi connectivity index (χ1n) is 11.6. The molecular weight excluding hydrogens is 492 g/mol. The van der Waals surface area contributed by atoms with Crippen molar-refractivity contribution in [3.8, 4) is 11.5 Å². The maximum absolute atomic E-state index is 12.1. The maximum atomic E-state index is 12.1. The second-order valence-electron chi connectivity index (χ2n) is 8.46. The molecule has 1 amide bonds. The van der Waals surface area contributed by atoms with Crippen molar-refractivity contribution in [2.75, 3.05) is 11.9 Å². The number of amides is 1. The number of rotatable bonds is 6. The third-order valence-electron chi connectivity index (χ3n) is 6.07. The number of aromatic nitrogens is 6. The SMILES string of the molecule is C=CC(=O)N1C=C(c2cc3c(Nc4ccc(Oc5ccn6ncnc6c5)c(Cl)c4)ncnn3c2)CCC1. The Hall–Kier alpha value is -4.70. The first-order chi connectivity index (χ1) is 18.1. The first kappa shape index (κ1) is 22.7. The fourth-order valence-electron chi connectivity index (χ4n) is 4.25. The quantitative estimate of drug-likeness (QED) is 0.315. The van der Waals surface area contributed by atoms with Gasteiger partial charge < -0.3 is 15.0 Å². The molecule has 0 radical (unpaired) electrons. The summed E-state index contributed by atoms with van der Waals surface area (Å²) >= 11 is 6.53. The normalized spacial score (nSPS) is 13.5. The molecule has 10 nitrogen and oxygen atoms in total. The molecule has 1 aliphatic heterocycles. The molecule has 1 aromatic carbocycles. The van der Waals surface area contributed by atoms with E-state index in [1.165, 1.54) is 18.7 Å². The zero-order valence-electron chi connectivity index (χ0n) is 19.6. The number of pyridine rings is 1. The van der Waals surface area contributed by atoms with Crippen LogP contribution < -0.4 is 10.1 Å². The van der Waals surface area contributed by atoms with Crippen LogP contribution in [0.3, 0.4) is 0 Å². The number of ether oxygens (including phenoxy) is 1. The molecule has 5 heterocycles. The lowest BCUT2D eigenvalue weighted by molar-refractivity contribution is -0.123. The third kappa shape index (κ3) is 4.50. The van der Waals surface area contributed by atoms with Crippen LogP contribution in [0.25, 0.3) is 16.7 Å².